The lowest BCUT2D eigenvalue weighted by Gasteiger charge is -2.23. The number of anilines is 3. The summed E-state index contributed by atoms with van der Waals surface area (Å²) in [6, 6.07) is 5.91. The number of hydrogen-bond acceptors (Lipinski definition) is 9. The summed E-state index contributed by atoms with van der Waals surface area (Å²) in [6.07, 6.45) is 5.95. The van der Waals surface area contributed by atoms with E-state index in [9.17, 15) is 19.2 Å². The van der Waals surface area contributed by atoms with Gasteiger partial charge in [-0.1, -0.05) is 13.0 Å². The molecule has 0 aliphatic rings. The molecule has 2 rings (SSSR count). The predicted octanol–water partition coefficient (Wildman–Crippen LogP) is 1.34. The van der Waals surface area contributed by atoms with Crippen molar-refractivity contribution in [3.05, 3.63) is 53.7 Å². The number of amides is 4. The number of carbonyl (C=O) groups is 4. The van der Waals surface area contributed by atoms with Gasteiger partial charge in [0, 0.05) is 56.8 Å². The maximum atomic E-state index is 12.9. The van der Waals surface area contributed by atoms with Crippen LogP contribution in [0.1, 0.15) is 47.4 Å². The van der Waals surface area contributed by atoms with E-state index < -0.39 is 11.9 Å². The number of aromatic nitrogens is 2. The molecule has 0 fully saturated rings. The van der Waals surface area contributed by atoms with Crippen LogP contribution in [0.3, 0.4) is 0 Å². The summed E-state index contributed by atoms with van der Waals surface area (Å²) in [4.78, 5) is 60.9. The van der Waals surface area contributed by atoms with E-state index in [1.165, 1.54) is 17.2 Å². The maximum absolute atomic E-state index is 12.9. The highest BCUT2D eigenvalue weighted by atomic mass is 16.2. The van der Waals surface area contributed by atoms with Gasteiger partial charge in [-0.2, -0.15) is 4.98 Å². The Labute approximate surface area is 241 Å². The Morgan fingerprint density at radius 1 is 1.02 bits per heavy atom. The summed E-state index contributed by atoms with van der Waals surface area (Å²) in [5.74, 6) is -0.741. The third kappa shape index (κ3) is 10.9. The normalized spacial score (nSPS) is 11.7. The zero-order valence-corrected chi connectivity index (χ0v) is 24.4. The first-order valence-corrected chi connectivity index (χ1v) is 13.4. The summed E-state index contributed by atoms with van der Waals surface area (Å²) in [7, 11) is 5.38. The van der Waals surface area contributed by atoms with Crippen molar-refractivity contribution in [3.8, 4) is 0 Å². The number of benzene rings is 1. The van der Waals surface area contributed by atoms with Crippen molar-refractivity contribution >= 4 is 41.1 Å². The lowest BCUT2D eigenvalue weighted by atomic mass is 10.2. The maximum Gasteiger partial charge on any atom is 0.256 e. The lowest BCUT2D eigenvalue weighted by Crippen LogP contribution is -2.46. The summed E-state index contributed by atoms with van der Waals surface area (Å²) in [6.45, 7) is 5.54. The van der Waals surface area contributed by atoms with Gasteiger partial charge in [0.25, 0.3) is 5.91 Å². The molecule has 13 nitrogen and oxygen atoms in total. The molecule has 13 heteroatoms. The molecule has 0 saturated heterocycles. The van der Waals surface area contributed by atoms with Crippen LogP contribution in [0.15, 0.2) is 42.6 Å². The number of nitrogens with one attached hydrogen (secondary N) is 4. The van der Waals surface area contributed by atoms with Crippen molar-refractivity contribution in [2.24, 2.45) is 5.73 Å². The van der Waals surface area contributed by atoms with Crippen LogP contribution in [0.5, 0.6) is 0 Å². The zero-order chi connectivity index (χ0) is 30.4. The minimum atomic E-state index is -0.640. The summed E-state index contributed by atoms with van der Waals surface area (Å²) in [5.41, 5.74) is 6.60. The van der Waals surface area contributed by atoms with Gasteiger partial charge in [-0.3, -0.25) is 19.2 Å². The molecule has 1 atom stereocenters. The number of likely N-dealkylation sites (N-methyl/N-ethyl adjacent to an activating group) is 2. The fourth-order valence-electron chi connectivity index (χ4n) is 3.43. The fourth-order valence-corrected chi connectivity index (χ4v) is 3.43. The van der Waals surface area contributed by atoms with Crippen LogP contribution >= 0.6 is 0 Å². The Morgan fingerprint density at radius 3 is 2.34 bits per heavy atom. The minimum Gasteiger partial charge on any atom is -0.369 e. The number of nitrogens with two attached hydrogens (primary N) is 1. The number of rotatable bonds is 16. The van der Waals surface area contributed by atoms with Crippen molar-refractivity contribution in [1.29, 1.82) is 0 Å². The highest BCUT2D eigenvalue weighted by Gasteiger charge is 2.20. The molecule has 1 unspecified atom stereocenters. The van der Waals surface area contributed by atoms with Crippen molar-refractivity contribution < 1.29 is 19.2 Å². The van der Waals surface area contributed by atoms with Crippen LogP contribution in [0.25, 0.3) is 0 Å². The molecule has 1 aromatic carbocycles. The first-order valence-electron chi connectivity index (χ1n) is 13.4. The Hall–Kier alpha value is -4.52. The SMILES string of the molecule is CCCNc1nc(Nc2ccc(C(N)=O)cc2)ncc1C(=O)NCCCNC(=O)C(C)N(C)C(=O)/C=C/CN(C)C. The van der Waals surface area contributed by atoms with Crippen LogP contribution in [-0.2, 0) is 9.59 Å². The van der Waals surface area contributed by atoms with Gasteiger partial charge in [0.2, 0.25) is 23.7 Å². The predicted molar refractivity (Wildman–Crippen MR) is 159 cm³/mol. The van der Waals surface area contributed by atoms with Gasteiger partial charge in [-0.05, 0) is 58.1 Å². The Kier molecular flexibility index (Phi) is 13.2. The van der Waals surface area contributed by atoms with E-state index in [1.54, 1.807) is 44.3 Å². The molecular weight excluding hydrogens is 526 g/mol. The molecule has 0 bridgehead atoms. The van der Waals surface area contributed by atoms with E-state index in [2.05, 4.69) is 31.2 Å². The van der Waals surface area contributed by atoms with Gasteiger partial charge in [0.1, 0.15) is 17.4 Å². The minimum absolute atomic E-state index is 0.251. The molecule has 0 saturated carbocycles. The molecule has 0 radical (unpaired) electrons. The average Bonchev–Trinajstić information content (AvgIpc) is 2.94. The zero-order valence-electron chi connectivity index (χ0n) is 24.4. The van der Waals surface area contributed by atoms with Crippen molar-refractivity contribution in [2.75, 3.05) is 58.0 Å². The van der Waals surface area contributed by atoms with Crippen molar-refractivity contribution in [1.82, 2.24) is 30.4 Å². The lowest BCUT2D eigenvalue weighted by molar-refractivity contribution is -0.135. The molecule has 1 aromatic heterocycles. The van der Waals surface area contributed by atoms with Crippen LogP contribution in [-0.4, -0.2) is 96.8 Å². The van der Waals surface area contributed by atoms with Crippen LogP contribution < -0.4 is 27.0 Å². The van der Waals surface area contributed by atoms with Gasteiger partial charge in [-0.15, -0.1) is 0 Å². The second-order valence-electron chi connectivity index (χ2n) is 9.64. The van der Waals surface area contributed by atoms with E-state index in [4.69, 9.17) is 5.73 Å². The number of nitrogens with zero attached hydrogens (tertiary/aromatic N) is 4. The van der Waals surface area contributed by atoms with Crippen LogP contribution in [0.4, 0.5) is 17.5 Å². The topological polar surface area (TPSA) is 175 Å². The smallest absolute Gasteiger partial charge is 0.256 e. The van der Waals surface area contributed by atoms with Gasteiger partial charge in [-0.25, -0.2) is 4.98 Å². The second-order valence-corrected chi connectivity index (χ2v) is 9.64. The van der Waals surface area contributed by atoms with E-state index in [0.29, 0.717) is 49.7 Å². The molecule has 0 aliphatic carbocycles. The third-order valence-corrected chi connectivity index (χ3v) is 5.98. The first kappa shape index (κ1) is 32.7. The van der Waals surface area contributed by atoms with Crippen molar-refractivity contribution in [2.45, 2.75) is 32.7 Å². The van der Waals surface area contributed by atoms with Crippen LogP contribution in [0, 0.1) is 0 Å². The largest absolute Gasteiger partial charge is 0.369 e. The molecule has 0 aliphatic heterocycles. The van der Waals surface area contributed by atoms with Crippen LogP contribution in [0.2, 0.25) is 0 Å². The number of carbonyl (C=O) groups excluding carboxylic acids is 4. The Bertz CT molecular complexity index is 1220. The highest BCUT2D eigenvalue weighted by Crippen LogP contribution is 2.18. The Balaban J connectivity index is 1.88. The van der Waals surface area contributed by atoms with E-state index >= 15 is 0 Å². The molecule has 6 N–H and O–H groups in total. The molecule has 41 heavy (non-hydrogen) atoms. The van der Waals surface area contributed by atoms with Gasteiger partial charge in [0.15, 0.2) is 0 Å². The standard InChI is InChI=1S/C28H41N9O4/c1-6-14-30-25-22(18-33-28(35-25)34-21-12-10-20(11-13-21)24(29)39)27(41)32-16-8-15-31-26(40)19(2)37(5)23(38)9-7-17-36(3)4/h7,9-13,18-19H,6,8,14-17H2,1-5H3,(H2,29,39)(H,31,40)(H,32,41)(H2,30,33,34,35)/b9-7+. The Morgan fingerprint density at radius 2 is 1.71 bits per heavy atom. The van der Waals surface area contributed by atoms with E-state index in [0.717, 1.165) is 6.42 Å². The van der Waals surface area contributed by atoms with E-state index in [-0.39, 0.29) is 29.2 Å². The van der Waals surface area contributed by atoms with Gasteiger partial charge >= 0.3 is 0 Å². The number of primary amides is 1. The molecular formula is C28H41N9O4. The van der Waals surface area contributed by atoms with Gasteiger partial charge in [0.05, 0.1) is 0 Å². The summed E-state index contributed by atoms with van der Waals surface area (Å²) < 4.78 is 0. The monoisotopic (exact) mass is 567 g/mol. The quantitative estimate of drug-likeness (QED) is 0.148. The average molecular weight is 568 g/mol. The summed E-state index contributed by atoms with van der Waals surface area (Å²) in [5, 5.41) is 11.8. The fraction of sp³-hybridized carbons (Fsp3) is 0.429. The molecule has 2 aromatic rings. The highest BCUT2D eigenvalue weighted by molar-refractivity contribution is 5.98. The third-order valence-electron chi connectivity index (χ3n) is 5.98. The molecule has 1 heterocycles. The molecule has 222 valence electrons. The van der Waals surface area contributed by atoms with Gasteiger partial charge < -0.3 is 36.8 Å². The molecule has 0 spiro atoms. The van der Waals surface area contributed by atoms with Crippen molar-refractivity contribution in [3.63, 3.8) is 0 Å². The summed E-state index contributed by atoms with van der Waals surface area (Å²) >= 11 is 0. The molecule has 4 amide bonds. The first-order chi connectivity index (χ1) is 19.5. The number of hydrogen-bond donors (Lipinski definition) is 5. The second kappa shape index (κ2) is 16.6. The van der Waals surface area contributed by atoms with E-state index in [1.807, 2.05) is 25.9 Å².